The highest BCUT2D eigenvalue weighted by atomic mass is 32.2. The van der Waals surface area contributed by atoms with Crippen molar-refractivity contribution < 1.29 is 18.3 Å². The summed E-state index contributed by atoms with van der Waals surface area (Å²) in [5.74, 6) is 0.440. The van der Waals surface area contributed by atoms with Crippen LogP contribution < -0.4 is 0 Å². The number of hydrogen-bond donors (Lipinski definition) is 2. The Bertz CT molecular complexity index is 504. The topological polar surface area (TPSA) is 82.6 Å². The lowest BCUT2D eigenvalue weighted by molar-refractivity contribution is 0.121. The maximum absolute atomic E-state index is 12.4. The monoisotopic (exact) mass is 288 g/mol. The number of aromatic amines is 1. The first-order chi connectivity index (χ1) is 9.07. The number of H-pyrrole nitrogens is 1. The molecule has 1 saturated heterocycles. The van der Waals surface area contributed by atoms with Crippen molar-refractivity contribution in [2.75, 3.05) is 26.8 Å². The average Bonchev–Trinajstić information content (AvgIpc) is 2.89. The van der Waals surface area contributed by atoms with Crippen molar-refractivity contribution in [1.82, 2.24) is 9.29 Å². The number of nitrogens with zero attached hydrogens (tertiary/aromatic N) is 1. The second kappa shape index (κ2) is 6.04. The van der Waals surface area contributed by atoms with Crippen LogP contribution in [-0.2, 0) is 21.4 Å². The van der Waals surface area contributed by atoms with Crippen LogP contribution in [0.5, 0.6) is 0 Å². The summed E-state index contributed by atoms with van der Waals surface area (Å²) in [5, 5.41) is 8.97. The summed E-state index contributed by atoms with van der Waals surface area (Å²) in [4.78, 5) is 2.98. The number of methoxy groups -OCH3 is 1. The van der Waals surface area contributed by atoms with Gasteiger partial charge in [-0.3, -0.25) is 0 Å². The van der Waals surface area contributed by atoms with E-state index in [9.17, 15) is 8.42 Å². The van der Waals surface area contributed by atoms with Crippen molar-refractivity contribution in [1.29, 1.82) is 0 Å². The number of nitrogens with one attached hydrogen (secondary N) is 1. The summed E-state index contributed by atoms with van der Waals surface area (Å²) in [5.41, 5.74) is 0.507. The highest BCUT2D eigenvalue weighted by molar-refractivity contribution is 7.89. The number of aromatic nitrogens is 1. The molecule has 2 N–H and O–H groups in total. The van der Waals surface area contributed by atoms with Gasteiger partial charge in [-0.25, -0.2) is 8.42 Å². The molecule has 0 radical (unpaired) electrons. The van der Waals surface area contributed by atoms with Gasteiger partial charge in [-0.15, -0.1) is 0 Å². The zero-order chi connectivity index (χ0) is 13.9. The van der Waals surface area contributed by atoms with Crippen LogP contribution in [0.15, 0.2) is 17.2 Å². The number of rotatable bonds is 5. The zero-order valence-corrected chi connectivity index (χ0v) is 11.8. The molecule has 0 atom stereocenters. The first-order valence-electron chi connectivity index (χ1n) is 6.35. The van der Waals surface area contributed by atoms with E-state index in [0.29, 0.717) is 31.3 Å². The van der Waals surface area contributed by atoms with E-state index in [1.165, 1.54) is 16.6 Å². The molecule has 1 aliphatic rings. The van der Waals surface area contributed by atoms with Gasteiger partial charge in [0.25, 0.3) is 0 Å². The van der Waals surface area contributed by atoms with Gasteiger partial charge in [-0.1, -0.05) is 0 Å². The number of hydrogen-bond acceptors (Lipinski definition) is 4. The van der Waals surface area contributed by atoms with Crippen LogP contribution in [0.3, 0.4) is 0 Å². The Balaban J connectivity index is 2.05. The summed E-state index contributed by atoms with van der Waals surface area (Å²) in [6.07, 6.45) is 3.08. The number of aliphatic hydroxyl groups excluding tert-OH is 1. The predicted molar refractivity (Wildman–Crippen MR) is 70.1 cm³/mol. The third kappa shape index (κ3) is 3.17. The highest BCUT2D eigenvalue weighted by Crippen LogP contribution is 2.24. The van der Waals surface area contributed by atoms with E-state index < -0.39 is 10.0 Å². The quantitative estimate of drug-likeness (QED) is 0.829. The summed E-state index contributed by atoms with van der Waals surface area (Å²) in [6, 6.07) is 1.48. The van der Waals surface area contributed by atoms with Crippen molar-refractivity contribution in [2.24, 2.45) is 5.92 Å². The minimum atomic E-state index is -3.44. The van der Waals surface area contributed by atoms with Crippen LogP contribution in [0.2, 0.25) is 0 Å². The molecule has 1 fully saturated rings. The van der Waals surface area contributed by atoms with Crippen molar-refractivity contribution in [3.63, 3.8) is 0 Å². The molecule has 2 heterocycles. The minimum absolute atomic E-state index is 0.189. The van der Waals surface area contributed by atoms with Crippen LogP contribution in [0.1, 0.15) is 18.5 Å². The normalized spacial score (nSPS) is 18.8. The second-order valence-electron chi connectivity index (χ2n) is 4.82. The van der Waals surface area contributed by atoms with Gasteiger partial charge in [0, 0.05) is 38.7 Å². The van der Waals surface area contributed by atoms with E-state index in [-0.39, 0.29) is 11.5 Å². The van der Waals surface area contributed by atoms with Gasteiger partial charge in [0.15, 0.2) is 0 Å². The second-order valence-corrected chi connectivity index (χ2v) is 6.76. The standard InChI is InChI=1S/C12H20N2O4S/c1-18-9-10-2-4-14(5-3-10)19(16,17)12-6-11(8-15)13-7-12/h6-7,10,13,15H,2-5,8-9H2,1H3. The Kier molecular flexibility index (Phi) is 4.62. The summed E-state index contributed by atoms with van der Waals surface area (Å²) >= 11 is 0. The van der Waals surface area contributed by atoms with Gasteiger partial charge in [-0.2, -0.15) is 4.31 Å². The third-order valence-corrected chi connectivity index (χ3v) is 5.38. The van der Waals surface area contributed by atoms with E-state index in [0.717, 1.165) is 12.8 Å². The Hall–Kier alpha value is -0.890. The summed E-state index contributed by atoms with van der Waals surface area (Å²) < 4.78 is 31.4. The third-order valence-electron chi connectivity index (χ3n) is 3.50. The molecule has 108 valence electrons. The van der Waals surface area contributed by atoms with Gasteiger partial charge >= 0.3 is 0 Å². The molecule has 0 saturated carbocycles. The van der Waals surface area contributed by atoms with Crippen LogP contribution in [-0.4, -0.2) is 49.6 Å². The van der Waals surface area contributed by atoms with Crippen LogP contribution >= 0.6 is 0 Å². The lowest BCUT2D eigenvalue weighted by atomic mass is 9.99. The molecule has 2 rings (SSSR count). The molecule has 1 aromatic heterocycles. The minimum Gasteiger partial charge on any atom is -0.390 e. The highest BCUT2D eigenvalue weighted by Gasteiger charge is 2.29. The number of piperidine rings is 1. The molecule has 0 unspecified atom stereocenters. The fourth-order valence-electron chi connectivity index (χ4n) is 2.36. The van der Waals surface area contributed by atoms with Gasteiger partial charge in [0.2, 0.25) is 10.0 Å². The van der Waals surface area contributed by atoms with Crippen molar-refractivity contribution in [3.8, 4) is 0 Å². The molecular weight excluding hydrogens is 268 g/mol. The number of aliphatic hydroxyl groups is 1. The lowest BCUT2D eigenvalue weighted by Crippen LogP contribution is -2.39. The average molecular weight is 288 g/mol. The maximum Gasteiger partial charge on any atom is 0.244 e. The fraction of sp³-hybridized carbons (Fsp3) is 0.667. The first-order valence-corrected chi connectivity index (χ1v) is 7.79. The van der Waals surface area contributed by atoms with Crippen LogP contribution in [0, 0.1) is 5.92 Å². The van der Waals surface area contributed by atoms with Gasteiger partial charge in [-0.05, 0) is 24.8 Å². The summed E-state index contributed by atoms with van der Waals surface area (Å²) in [7, 11) is -1.77. The molecule has 0 aliphatic carbocycles. The van der Waals surface area contributed by atoms with Crippen molar-refractivity contribution in [2.45, 2.75) is 24.3 Å². The Morgan fingerprint density at radius 1 is 1.47 bits per heavy atom. The molecule has 1 aliphatic heterocycles. The lowest BCUT2D eigenvalue weighted by Gasteiger charge is -2.30. The van der Waals surface area contributed by atoms with Crippen LogP contribution in [0.4, 0.5) is 0 Å². The molecule has 19 heavy (non-hydrogen) atoms. The Labute approximate surface area is 113 Å². The van der Waals surface area contributed by atoms with Crippen LogP contribution in [0.25, 0.3) is 0 Å². The zero-order valence-electron chi connectivity index (χ0n) is 11.0. The number of sulfonamides is 1. The molecular formula is C12H20N2O4S. The molecule has 0 aromatic carbocycles. The molecule has 0 bridgehead atoms. The molecule has 0 spiro atoms. The largest absolute Gasteiger partial charge is 0.390 e. The first kappa shape index (κ1) is 14.5. The number of ether oxygens (including phenoxy) is 1. The summed E-state index contributed by atoms with van der Waals surface area (Å²) in [6.45, 7) is 1.55. The predicted octanol–water partition coefficient (Wildman–Crippen LogP) is 0.554. The van der Waals surface area contributed by atoms with Crippen molar-refractivity contribution in [3.05, 3.63) is 18.0 Å². The van der Waals surface area contributed by atoms with Gasteiger partial charge in [0.1, 0.15) is 0 Å². The van der Waals surface area contributed by atoms with E-state index in [1.807, 2.05) is 0 Å². The van der Waals surface area contributed by atoms with E-state index >= 15 is 0 Å². The fourth-order valence-corrected chi connectivity index (χ4v) is 3.85. The van der Waals surface area contributed by atoms with E-state index in [4.69, 9.17) is 9.84 Å². The molecule has 6 nitrogen and oxygen atoms in total. The Morgan fingerprint density at radius 3 is 2.68 bits per heavy atom. The van der Waals surface area contributed by atoms with Gasteiger partial charge < -0.3 is 14.8 Å². The molecule has 1 aromatic rings. The smallest absolute Gasteiger partial charge is 0.244 e. The van der Waals surface area contributed by atoms with Crippen molar-refractivity contribution >= 4 is 10.0 Å². The van der Waals surface area contributed by atoms with E-state index in [2.05, 4.69) is 4.98 Å². The maximum atomic E-state index is 12.4. The molecule has 7 heteroatoms. The molecule has 0 amide bonds. The SMILES string of the molecule is COCC1CCN(S(=O)(=O)c2c[nH]c(CO)c2)CC1. The Morgan fingerprint density at radius 2 is 2.16 bits per heavy atom. The van der Waals surface area contributed by atoms with E-state index in [1.54, 1.807) is 7.11 Å². The van der Waals surface area contributed by atoms with Gasteiger partial charge in [0.05, 0.1) is 11.5 Å².